The fourth-order valence-electron chi connectivity index (χ4n) is 2.93. The van der Waals surface area contributed by atoms with Gasteiger partial charge < -0.3 is 14.6 Å². The van der Waals surface area contributed by atoms with E-state index in [2.05, 4.69) is 42.7 Å². The van der Waals surface area contributed by atoms with E-state index in [-0.39, 0.29) is 24.3 Å². The van der Waals surface area contributed by atoms with E-state index in [4.69, 9.17) is 9.47 Å². The Kier molecular flexibility index (Phi) is 9.83. The summed E-state index contributed by atoms with van der Waals surface area (Å²) in [5.41, 5.74) is 0.658. The van der Waals surface area contributed by atoms with Gasteiger partial charge in [-0.15, -0.1) is 0 Å². The number of carbonyl (C=O) groups is 1. The number of allylic oxidation sites excluding steroid dienone is 1. The lowest BCUT2D eigenvalue weighted by molar-refractivity contribution is -0.153. The molecule has 0 saturated carbocycles. The summed E-state index contributed by atoms with van der Waals surface area (Å²) < 4.78 is 12.5. The van der Waals surface area contributed by atoms with Crippen LogP contribution in [-0.2, 0) is 14.3 Å². The van der Waals surface area contributed by atoms with Crippen molar-refractivity contribution < 1.29 is 19.4 Å². The zero-order valence-corrected chi connectivity index (χ0v) is 18.9. The summed E-state index contributed by atoms with van der Waals surface area (Å²) in [6.45, 7) is 16.2. The molecule has 0 aromatic carbocycles. The number of carbonyl (C=O) groups excluding carboxylic acids is 1. The molecule has 26 heavy (non-hydrogen) atoms. The monoisotopic (exact) mass is 478 g/mol. The third-order valence-electron chi connectivity index (χ3n) is 4.74. The molecule has 1 aliphatic heterocycles. The fourth-order valence-corrected chi connectivity index (χ4v) is 3.19. The zero-order valence-electron chi connectivity index (χ0n) is 16.7. The molecule has 1 rings (SSSR count). The topological polar surface area (TPSA) is 55.8 Å². The highest BCUT2D eigenvalue weighted by Gasteiger charge is 2.29. The molecule has 0 bridgehead atoms. The maximum Gasteiger partial charge on any atom is 0.311 e. The van der Waals surface area contributed by atoms with E-state index in [1.165, 1.54) is 0 Å². The fraction of sp³-hybridized carbons (Fsp3) is 0.762. The van der Waals surface area contributed by atoms with Crippen LogP contribution >= 0.6 is 22.6 Å². The van der Waals surface area contributed by atoms with Crippen molar-refractivity contribution in [1.29, 1.82) is 0 Å². The van der Waals surface area contributed by atoms with Crippen LogP contribution in [0.25, 0.3) is 0 Å². The van der Waals surface area contributed by atoms with E-state index >= 15 is 0 Å². The largest absolute Gasteiger partial charge is 0.465 e. The van der Waals surface area contributed by atoms with Crippen molar-refractivity contribution in [3.63, 3.8) is 0 Å². The number of rotatable bonds is 10. The van der Waals surface area contributed by atoms with Gasteiger partial charge in [0.2, 0.25) is 0 Å². The molecule has 4 atom stereocenters. The number of ether oxygens (including phenoxy) is 2. The summed E-state index contributed by atoms with van der Waals surface area (Å²) >= 11 is 2.22. The lowest BCUT2D eigenvalue weighted by Gasteiger charge is -2.19. The van der Waals surface area contributed by atoms with Crippen molar-refractivity contribution in [2.75, 3.05) is 6.61 Å². The Morgan fingerprint density at radius 2 is 2.08 bits per heavy atom. The van der Waals surface area contributed by atoms with Gasteiger partial charge in [-0.05, 0) is 97.0 Å². The first-order valence-electron chi connectivity index (χ1n) is 9.53. The molecule has 0 aromatic heterocycles. The van der Waals surface area contributed by atoms with Crippen molar-refractivity contribution in [2.24, 2.45) is 11.3 Å². The molecule has 1 N–H and O–H groups in total. The molecule has 0 aromatic rings. The molecule has 0 spiro atoms. The summed E-state index contributed by atoms with van der Waals surface area (Å²) in [6, 6.07) is 0. The molecule has 0 aliphatic carbocycles. The Bertz CT molecular complexity index is 495. The average Bonchev–Trinajstić information content (AvgIpc) is 2.88. The van der Waals surface area contributed by atoms with Gasteiger partial charge in [0.25, 0.3) is 0 Å². The third kappa shape index (κ3) is 8.53. The van der Waals surface area contributed by atoms with Gasteiger partial charge in [-0.3, -0.25) is 4.79 Å². The Balaban J connectivity index is 2.25. The molecule has 150 valence electrons. The zero-order chi connectivity index (χ0) is 19.9. The number of halogens is 1. The molecule has 1 aliphatic rings. The number of aliphatic hydroxyl groups is 1. The Labute approximate surface area is 172 Å². The molecular formula is C21H35IO4. The highest BCUT2D eigenvalue weighted by Crippen LogP contribution is 2.31. The normalized spacial score (nSPS) is 22.9. The average molecular weight is 478 g/mol. The highest BCUT2D eigenvalue weighted by molar-refractivity contribution is 14.1. The maximum absolute atomic E-state index is 11.7. The van der Waals surface area contributed by atoms with Gasteiger partial charge in [-0.25, -0.2) is 0 Å². The van der Waals surface area contributed by atoms with Crippen molar-refractivity contribution >= 4 is 28.6 Å². The van der Waals surface area contributed by atoms with Crippen molar-refractivity contribution in [1.82, 2.24) is 0 Å². The van der Waals surface area contributed by atoms with Crippen LogP contribution in [0.2, 0.25) is 0 Å². The van der Waals surface area contributed by atoms with Gasteiger partial charge in [0.15, 0.2) is 0 Å². The van der Waals surface area contributed by atoms with Crippen LogP contribution in [0.5, 0.6) is 0 Å². The SMILES string of the molecule is C=C(I)C(C)CC(O)CCC1OC(CCCOC(=O)C(C)(C)C)CC1=C. The standard InChI is InChI=1S/C21H35IO4/c1-14(16(3)22)12-17(23)9-10-19-15(2)13-18(26-19)8-7-11-25-20(24)21(4,5)6/h14,17-19,23H,2-3,7-13H2,1,4-6H3. The second kappa shape index (κ2) is 10.8. The first kappa shape index (κ1) is 23.6. The molecule has 0 amide bonds. The van der Waals surface area contributed by atoms with Crippen LogP contribution in [0.1, 0.15) is 66.2 Å². The maximum atomic E-state index is 11.7. The number of esters is 1. The lowest BCUT2D eigenvalue weighted by Crippen LogP contribution is -2.23. The predicted molar refractivity (Wildman–Crippen MR) is 114 cm³/mol. The van der Waals surface area contributed by atoms with Crippen molar-refractivity contribution in [3.8, 4) is 0 Å². The van der Waals surface area contributed by atoms with Crippen LogP contribution in [0, 0.1) is 11.3 Å². The van der Waals surface area contributed by atoms with Crippen LogP contribution in [0.4, 0.5) is 0 Å². The van der Waals surface area contributed by atoms with Crippen molar-refractivity contribution in [2.45, 2.75) is 84.5 Å². The minimum absolute atomic E-state index is 0.0323. The smallest absolute Gasteiger partial charge is 0.311 e. The molecule has 5 heteroatoms. The van der Waals surface area contributed by atoms with Crippen molar-refractivity contribution in [3.05, 3.63) is 22.3 Å². The van der Waals surface area contributed by atoms with Gasteiger partial charge in [0, 0.05) is 0 Å². The molecule has 4 nitrogen and oxygen atoms in total. The highest BCUT2D eigenvalue weighted by atomic mass is 127. The Morgan fingerprint density at radius 3 is 2.65 bits per heavy atom. The van der Waals surface area contributed by atoms with Gasteiger partial charge >= 0.3 is 5.97 Å². The van der Waals surface area contributed by atoms with Gasteiger partial charge in [0.1, 0.15) is 0 Å². The molecule has 0 radical (unpaired) electrons. The predicted octanol–water partition coefficient (Wildman–Crippen LogP) is 5.19. The summed E-state index contributed by atoms with van der Waals surface area (Å²) in [5, 5.41) is 10.2. The number of hydrogen-bond acceptors (Lipinski definition) is 4. The molecule has 4 unspecified atom stereocenters. The first-order chi connectivity index (χ1) is 12.0. The summed E-state index contributed by atoms with van der Waals surface area (Å²) in [7, 11) is 0. The lowest BCUT2D eigenvalue weighted by atomic mass is 9.97. The van der Waals surface area contributed by atoms with E-state index in [1.54, 1.807) is 0 Å². The first-order valence-corrected chi connectivity index (χ1v) is 10.6. The quantitative estimate of drug-likeness (QED) is 0.203. The molecule has 1 saturated heterocycles. The third-order valence-corrected chi connectivity index (χ3v) is 5.80. The van der Waals surface area contributed by atoms with Crippen LogP contribution in [0.3, 0.4) is 0 Å². The molecule has 1 fully saturated rings. The van der Waals surface area contributed by atoms with E-state index in [1.807, 2.05) is 20.8 Å². The Hall–Kier alpha value is -0.400. The second-order valence-corrected chi connectivity index (χ2v) is 9.84. The second-order valence-electron chi connectivity index (χ2n) is 8.45. The van der Waals surface area contributed by atoms with Crippen LogP contribution in [0.15, 0.2) is 22.3 Å². The van der Waals surface area contributed by atoms with Gasteiger partial charge in [0.05, 0.1) is 30.3 Å². The van der Waals surface area contributed by atoms with Gasteiger partial charge in [-0.1, -0.05) is 20.1 Å². The summed E-state index contributed by atoms with van der Waals surface area (Å²) in [6.07, 6.45) is 4.62. The Morgan fingerprint density at radius 1 is 1.42 bits per heavy atom. The number of hydrogen-bond donors (Lipinski definition) is 1. The van der Waals surface area contributed by atoms with E-state index < -0.39 is 5.41 Å². The summed E-state index contributed by atoms with van der Waals surface area (Å²) in [4.78, 5) is 11.7. The molecular weight excluding hydrogens is 443 g/mol. The van der Waals surface area contributed by atoms with E-state index in [0.717, 1.165) is 41.3 Å². The van der Waals surface area contributed by atoms with E-state index in [0.29, 0.717) is 18.9 Å². The van der Waals surface area contributed by atoms with Crippen LogP contribution < -0.4 is 0 Å². The number of aliphatic hydroxyl groups excluding tert-OH is 1. The minimum atomic E-state index is -0.453. The molecule has 1 heterocycles. The minimum Gasteiger partial charge on any atom is -0.465 e. The summed E-state index contributed by atoms with van der Waals surface area (Å²) in [5.74, 6) is 0.159. The van der Waals surface area contributed by atoms with Gasteiger partial charge in [-0.2, -0.15) is 0 Å². The van der Waals surface area contributed by atoms with Crippen LogP contribution in [-0.4, -0.2) is 36.0 Å². The van der Waals surface area contributed by atoms with E-state index in [9.17, 15) is 9.90 Å².